The number of hydrogen-bond donors (Lipinski definition) is 2. The monoisotopic (exact) mass is 247 g/mol. The molecule has 2 N–H and O–H groups in total. The smallest absolute Gasteiger partial charge is 0.250 e. The Hall–Kier alpha value is -2.11. The molecule has 0 saturated carbocycles. The highest BCUT2D eigenvalue weighted by Crippen LogP contribution is 2.15. The summed E-state index contributed by atoms with van der Waals surface area (Å²) in [6, 6.07) is 3.27. The van der Waals surface area contributed by atoms with Gasteiger partial charge >= 0.3 is 0 Å². The topological polar surface area (TPSA) is 75.6 Å². The first-order valence-corrected chi connectivity index (χ1v) is 5.93. The van der Waals surface area contributed by atoms with E-state index in [9.17, 15) is 4.79 Å². The molecular weight excluding hydrogens is 230 g/mol. The number of aromatic nitrogens is 4. The lowest BCUT2D eigenvalue weighted by molar-refractivity contribution is -0.119. The van der Waals surface area contributed by atoms with Crippen molar-refractivity contribution in [2.24, 2.45) is 0 Å². The van der Waals surface area contributed by atoms with E-state index in [4.69, 9.17) is 0 Å². The molecule has 18 heavy (non-hydrogen) atoms. The van der Waals surface area contributed by atoms with Crippen LogP contribution < -0.4 is 5.32 Å². The van der Waals surface area contributed by atoms with Gasteiger partial charge in [0.1, 0.15) is 6.04 Å². The fourth-order valence-corrected chi connectivity index (χ4v) is 1.56. The van der Waals surface area contributed by atoms with Crippen LogP contribution in [0.2, 0.25) is 0 Å². The molecule has 0 spiro atoms. The fraction of sp³-hybridized carbons (Fsp3) is 0.417. The van der Waals surface area contributed by atoms with E-state index in [1.165, 1.54) is 0 Å². The van der Waals surface area contributed by atoms with E-state index in [1.54, 1.807) is 30.1 Å². The molecular formula is C12H17N5O. The summed E-state index contributed by atoms with van der Waals surface area (Å²) >= 11 is 0. The summed E-state index contributed by atoms with van der Waals surface area (Å²) in [7, 11) is 0. The molecule has 1 amide bonds. The van der Waals surface area contributed by atoms with Gasteiger partial charge in [-0.2, -0.15) is 10.2 Å². The number of rotatable bonds is 4. The lowest BCUT2D eigenvalue weighted by Crippen LogP contribution is -2.24. The van der Waals surface area contributed by atoms with E-state index in [2.05, 4.69) is 34.5 Å². The van der Waals surface area contributed by atoms with E-state index < -0.39 is 0 Å². The van der Waals surface area contributed by atoms with Gasteiger partial charge in [-0.05, 0) is 18.9 Å². The van der Waals surface area contributed by atoms with Gasteiger partial charge < -0.3 is 5.32 Å². The van der Waals surface area contributed by atoms with Crippen LogP contribution >= 0.6 is 0 Å². The van der Waals surface area contributed by atoms with E-state index >= 15 is 0 Å². The first-order chi connectivity index (χ1) is 8.58. The predicted molar refractivity (Wildman–Crippen MR) is 68.2 cm³/mol. The highest BCUT2D eigenvalue weighted by Gasteiger charge is 2.16. The largest absolute Gasteiger partial charge is 0.307 e. The molecule has 0 aliphatic carbocycles. The zero-order chi connectivity index (χ0) is 13.1. The number of nitrogens with one attached hydrogen (secondary N) is 2. The summed E-state index contributed by atoms with van der Waals surface area (Å²) in [6.07, 6.45) is 3.41. The number of aromatic amines is 1. The van der Waals surface area contributed by atoms with Crippen molar-refractivity contribution in [2.45, 2.75) is 32.7 Å². The summed E-state index contributed by atoms with van der Waals surface area (Å²) in [5.41, 5.74) is 0.997. The molecule has 2 aromatic rings. The Morgan fingerprint density at radius 1 is 1.44 bits per heavy atom. The van der Waals surface area contributed by atoms with E-state index in [0.29, 0.717) is 11.7 Å². The van der Waals surface area contributed by atoms with Crippen molar-refractivity contribution in [3.8, 4) is 0 Å². The average molecular weight is 247 g/mol. The highest BCUT2D eigenvalue weighted by molar-refractivity contribution is 5.92. The second kappa shape index (κ2) is 5.03. The molecule has 0 aliphatic rings. The second-order valence-corrected chi connectivity index (χ2v) is 4.51. The number of nitrogens with zero attached hydrogens (tertiary/aromatic N) is 3. The zero-order valence-electron chi connectivity index (χ0n) is 10.7. The molecule has 0 saturated heterocycles. The lowest BCUT2D eigenvalue weighted by atomic mass is 10.1. The van der Waals surface area contributed by atoms with Gasteiger partial charge in [-0.1, -0.05) is 13.8 Å². The molecule has 1 unspecified atom stereocenters. The van der Waals surface area contributed by atoms with Crippen molar-refractivity contribution in [1.29, 1.82) is 0 Å². The van der Waals surface area contributed by atoms with E-state index in [-0.39, 0.29) is 11.9 Å². The van der Waals surface area contributed by atoms with Crippen LogP contribution in [-0.4, -0.2) is 25.9 Å². The van der Waals surface area contributed by atoms with Crippen LogP contribution in [0, 0.1) is 0 Å². The van der Waals surface area contributed by atoms with Crippen LogP contribution in [0.4, 0.5) is 5.82 Å². The van der Waals surface area contributed by atoms with Crippen molar-refractivity contribution in [3.63, 3.8) is 0 Å². The fourth-order valence-electron chi connectivity index (χ4n) is 1.56. The van der Waals surface area contributed by atoms with Crippen molar-refractivity contribution >= 4 is 11.7 Å². The Morgan fingerprint density at radius 3 is 2.78 bits per heavy atom. The number of carbonyl (C=O) groups is 1. The highest BCUT2D eigenvalue weighted by atomic mass is 16.2. The SMILES string of the molecule is CC(C)c1cc(NC(=O)C(C)n2cccn2)n[nH]1. The second-order valence-electron chi connectivity index (χ2n) is 4.51. The molecule has 1 atom stereocenters. The average Bonchev–Trinajstić information content (AvgIpc) is 2.98. The minimum Gasteiger partial charge on any atom is -0.307 e. The molecule has 2 heterocycles. The van der Waals surface area contributed by atoms with Gasteiger partial charge in [-0.3, -0.25) is 14.6 Å². The summed E-state index contributed by atoms with van der Waals surface area (Å²) in [5, 5.41) is 13.8. The van der Waals surface area contributed by atoms with Gasteiger partial charge in [0.05, 0.1) is 0 Å². The molecule has 96 valence electrons. The Morgan fingerprint density at radius 2 is 2.22 bits per heavy atom. The van der Waals surface area contributed by atoms with E-state index in [1.807, 2.05) is 6.07 Å². The Bertz CT molecular complexity index is 514. The number of anilines is 1. The van der Waals surface area contributed by atoms with Crippen LogP contribution in [0.15, 0.2) is 24.5 Å². The Labute approximate surface area is 105 Å². The van der Waals surface area contributed by atoms with Crippen molar-refractivity contribution < 1.29 is 4.79 Å². The molecule has 6 nitrogen and oxygen atoms in total. The predicted octanol–water partition coefficient (Wildman–Crippen LogP) is 1.93. The first kappa shape index (κ1) is 12.3. The van der Waals surface area contributed by atoms with Gasteiger partial charge in [0, 0.05) is 24.2 Å². The van der Waals surface area contributed by atoms with Gasteiger partial charge in [0.2, 0.25) is 5.91 Å². The third-order valence-corrected chi connectivity index (χ3v) is 2.77. The number of H-pyrrole nitrogens is 1. The van der Waals surface area contributed by atoms with Crippen LogP contribution in [0.5, 0.6) is 0 Å². The van der Waals surface area contributed by atoms with Crippen molar-refractivity contribution in [3.05, 3.63) is 30.2 Å². The summed E-state index contributed by atoms with van der Waals surface area (Å²) < 4.78 is 1.60. The Kier molecular flexibility index (Phi) is 3.45. The molecule has 0 radical (unpaired) electrons. The molecule has 6 heteroatoms. The van der Waals surface area contributed by atoms with Crippen LogP contribution in [0.1, 0.15) is 38.4 Å². The molecule has 0 bridgehead atoms. The molecule has 0 aromatic carbocycles. The van der Waals surface area contributed by atoms with Crippen molar-refractivity contribution in [1.82, 2.24) is 20.0 Å². The van der Waals surface area contributed by atoms with Gasteiger partial charge in [0.15, 0.2) is 5.82 Å². The summed E-state index contributed by atoms with van der Waals surface area (Å²) in [4.78, 5) is 12.0. The van der Waals surface area contributed by atoms with Gasteiger partial charge in [-0.15, -0.1) is 0 Å². The quantitative estimate of drug-likeness (QED) is 0.866. The third kappa shape index (κ3) is 2.58. The van der Waals surface area contributed by atoms with Crippen LogP contribution in [0.3, 0.4) is 0 Å². The number of hydrogen-bond acceptors (Lipinski definition) is 3. The molecule has 0 aliphatic heterocycles. The summed E-state index contributed by atoms with van der Waals surface area (Å²) in [5.74, 6) is 0.759. The first-order valence-electron chi connectivity index (χ1n) is 5.93. The lowest BCUT2D eigenvalue weighted by Gasteiger charge is -2.10. The van der Waals surface area contributed by atoms with Crippen LogP contribution in [-0.2, 0) is 4.79 Å². The molecule has 2 rings (SSSR count). The molecule has 2 aromatic heterocycles. The van der Waals surface area contributed by atoms with Gasteiger partial charge in [0.25, 0.3) is 0 Å². The maximum atomic E-state index is 12.0. The van der Waals surface area contributed by atoms with Gasteiger partial charge in [-0.25, -0.2) is 0 Å². The maximum absolute atomic E-state index is 12.0. The Balaban J connectivity index is 2.02. The van der Waals surface area contributed by atoms with Crippen LogP contribution in [0.25, 0.3) is 0 Å². The minimum absolute atomic E-state index is 0.138. The maximum Gasteiger partial charge on any atom is 0.250 e. The minimum atomic E-state index is -0.362. The zero-order valence-corrected chi connectivity index (χ0v) is 10.7. The number of amides is 1. The normalized spacial score (nSPS) is 12.7. The number of carbonyl (C=O) groups excluding carboxylic acids is 1. The standard InChI is InChI=1S/C12H17N5O/c1-8(2)10-7-11(16-15-10)14-12(18)9(3)17-6-4-5-13-17/h4-9H,1-3H3,(H2,14,15,16,18). The van der Waals surface area contributed by atoms with E-state index in [0.717, 1.165) is 5.69 Å². The third-order valence-electron chi connectivity index (χ3n) is 2.77. The molecule has 0 fully saturated rings. The summed E-state index contributed by atoms with van der Waals surface area (Å²) in [6.45, 7) is 5.91. The van der Waals surface area contributed by atoms with Crippen molar-refractivity contribution in [2.75, 3.05) is 5.32 Å².